The molecule has 4 heteroatoms. The second-order valence-corrected chi connectivity index (χ2v) is 3.56. The van der Waals surface area contributed by atoms with Gasteiger partial charge in [0.1, 0.15) is 0 Å². The minimum atomic E-state index is -0.768. The van der Waals surface area contributed by atoms with Gasteiger partial charge in [0.15, 0.2) is 0 Å². The van der Waals surface area contributed by atoms with Gasteiger partial charge in [-0.05, 0) is 32.2 Å². The van der Waals surface area contributed by atoms with E-state index in [0.29, 0.717) is 13.1 Å². The predicted octanol–water partition coefficient (Wildman–Crippen LogP) is 1.26. The van der Waals surface area contributed by atoms with E-state index in [1.54, 1.807) is 4.90 Å². The summed E-state index contributed by atoms with van der Waals surface area (Å²) in [5.74, 6) is 0. The number of unbranched alkanes of at least 4 members (excludes halogenated alkanes) is 1. The molecule has 0 spiro atoms. The molecule has 1 saturated heterocycles. The number of hydrogen-bond donors (Lipinski definition) is 2. The van der Waals surface area contributed by atoms with Crippen LogP contribution in [0.15, 0.2) is 0 Å². The first-order chi connectivity index (χ1) is 6.25. The third kappa shape index (κ3) is 2.88. The van der Waals surface area contributed by atoms with E-state index >= 15 is 0 Å². The normalized spacial score (nSPS) is 22.2. The predicted molar refractivity (Wildman–Crippen MR) is 50.7 cm³/mol. The highest BCUT2D eigenvalue weighted by Crippen LogP contribution is 2.21. The van der Waals surface area contributed by atoms with Crippen LogP contribution >= 0.6 is 0 Å². The Morgan fingerprint density at radius 2 is 2.31 bits per heavy atom. The summed E-state index contributed by atoms with van der Waals surface area (Å²) in [4.78, 5) is 12.3. The Bertz CT molecular complexity index is 173. The van der Waals surface area contributed by atoms with E-state index in [9.17, 15) is 4.79 Å². The molecule has 1 unspecified atom stereocenters. The zero-order valence-corrected chi connectivity index (χ0v) is 7.91. The number of carboxylic acid groups (broad SMARTS) is 1. The molecule has 0 aromatic carbocycles. The fourth-order valence-corrected chi connectivity index (χ4v) is 1.91. The minimum absolute atomic E-state index is 0.254. The number of carbonyl (C=O) groups is 1. The van der Waals surface area contributed by atoms with Crippen LogP contribution in [0, 0.1) is 0 Å². The summed E-state index contributed by atoms with van der Waals surface area (Å²) in [5.41, 5.74) is 5.38. The van der Waals surface area contributed by atoms with Crippen LogP contribution in [0.3, 0.4) is 0 Å². The molecule has 0 aliphatic carbocycles. The Kier molecular flexibility index (Phi) is 4.02. The molecule has 0 aromatic heterocycles. The number of nitrogens with two attached hydrogens (primary N) is 1. The molecular weight excluding hydrogens is 168 g/mol. The van der Waals surface area contributed by atoms with Crippen molar-refractivity contribution in [2.45, 2.75) is 38.1 Å². The molecule has 0 saturated carbocycles. The van der Waals surface area contributed by atoms with Gasteiger partial charge in [0, 0.05) is 12.6 Å². The maximum atomic E-state index is 10.7. The van der Waals surface area contributed by atoms with Crippen molar-refractivity contribution < 1.29 is 9.90 Å². The van der Waals surface area contributed by atoms with Crippen LogP contribution < -0.4 is 5.73 Å². The fourth-order valence-electron chi connectivity index (χ4n) is 1.91. The fraction of sp³-hybridized carbons (Fsp3) is 0.889. The lowest BCUT2D eigenvalue weighted by molar-refractivity contribution is 0.137. The van der Waals surface area contributed by atoms with Crippen LogP contribution in [0.4, 0.5) is 4.79 Å². The molecule has 3 N–H and O–H groups in total. The van der Waals surface area contributed by atoms with Crippen molar-refractivity contribution in [3.8, 4) is 0 Å². The van der Waals surface area contributed by atoms with Gasteiger partial charge in [-0.25, -0.2) is 4.79 Å². The zero-order valence-electron chi connectivity index (χ0n) is 7.91. The molecule has 1 fully saturated rings. The van der Waals surface area contributed by atoms with E-state index in [2.05, 4.69) is 0 Å². The van der Waals surface area contributed by atoms with E-state index in [1.807, 2.05) is 0 Å². The summed E-state index contributed by atoms with van der Waals surface area (Å²) in [6, 6.07) is 0.254. The van der Waals surface area contributed by atoms with Gasteiger partial charge in [0.25, 0.3) is 0 Å². The Morgan fingerprint density at radius 1 is 1.54 bits per heavy atom. The maximum absolute atomic E-state index is 10.7. The van der Waals surface area contributed by atoms with Gasteiger partial charge < -0.3 is 15.7 Å². The van der Waals surface area contributed by atoms with Gasteiger partial charge in [-0.15, -0.1) is 0 Å². The molecular formula is C9H18N2O2. The number of rotatable bonds is 4. The lowest BCUT2D eigenvalue weighted by Crippen LogP contribution is -2.34. The van der Waals surface area contributed by atoms with E-state index in [-0.39, 0.29) is 6.04 Å². The average Bonchev–Trinajstić information content (AvgIpc) is 2.53. The Balaban J connectivity index is 2.27. The molecule has 0 bridgehead atoms. The molecule has 1 aliphatic rings. The second kappa shape index (κ2) is 5.07. The smallest absolute Gasteiger partial charge is 0.407 e. The number of nitrogens with zero attached hydrogens (tertiary/aromatic N) is 1. The van der Waals surface area contributed by atoms with Crippen molar-refractivity contribution in [2.24, 2.45) is 5.73 Å². The summed E-state index contributed by atoms with van der Waals surface area (Å²) < 4.78 is 0. The monoisotopic (exact) mass is 186 g/mol. The first-order valence-electron chi connectivity index (χ1n) is 4.95. The van der Waals surface area contributed by atoms with Crippen molar-refractivity contribution in [3.63, 3.8) is 0 Å². The molecule has 0 aromatic rings. The van der Waals surface area contributed by atoms with Crippen LogP contribution in [-0.4, -0.2) is 35.2 Å². The average molecular weight is 186 g/mol. The van der Waals surface area contributed by atoms with Crippen LogP contribution in [-0.2, 0) is 0 Å². The molecule has 13 heavy (non-hydrogen) atoms. The quantitative estimate of drug-likeness (QED) is 0.649. The van der Waals surface area contributed by atoms with Gasteiger partial charge in [-0.2, -0.15) is 0 Å². The molecule has 0 radical (unpaired) electrons. The summed E-state index contributed by atoms with van der Waals surface area (Å²) >= 11 is 0. The standard InChI is InChI=1S/C9H18N2O2/c10-6-2-1-4-8-5-3-7-11(8)9(12)13/h8H,1-7,10H2,(H,12,13). The van der Waals surface area contributed by atoms with Gasteiger partial charge in [-0.3, -0.25) is 0 Å². The van der Waals surface area contributed by atoms with Gasteiger partial charge >= 0.3 is 6.09 Å². The zero-order chi connectivity index (χ0) is 9.68. The Hall–Kier alpha value is -0.770. The molecule has 1 amide bonds. The van der Waals surface area contributed by atoms with Crippen molar-refractivity contribution in [1.29, 1.82) is 0 Å². The van der Waals surface area contributed by atoms with Crippen LogP contribution in [0.5, 0.6) is 0 Å². The van der Waals surface area contributed by atoms with Crippen LogP contribution in [0.25, 0.3) is 0 Å². The summed E-state index contributed by atoms with van der Waals surface area (Å²) in [7, 11) is 0. The molecule has 76 valence electrons. The summed E-state index contributed by atoms with van der Waals surface area (Å²) in [5, 5.41) is 8.84. The van der Waals surface area contributed by atoms with Crippen molar-refractivity contribution in [2.75, 3.05) is 13.1 Å². The first kappa shape index (κ1) is 10.3. The van der Waals surface area contributed by atoms with Gasteiger partial charge in [0.2, 0.25) is 0 Å². The maximum Gasteiger partial charge on any atom is 0.407 e. The van der Waals surface area contributed by atoms with Gasteiger partial charge in [0.05, 0.1) is 0 Å². The van der Waals surface area contributed by atoms with Crippen LogP contribution in [0.2, 0.25) is 0 Å². The van der Waals surface area contributed by atoms with E-state index in [4.69, 9.17) is 10.8 Å². The third-order valence-electron chi connectivity index (χ3n) is 2.61. The highest BCUT2D eigenvalue weighted by atomic mass is 16.4. The largest absolute Gasteiger partial charge is 0.465 e. The van der Waals surface area contributed by atoms with E-state index in [1.165, 1.54) is 0 Å². The lowest BCUT2D eigenvalue weighted by Gasteiger charge is -2.21. The highest BCUT2D eigenvalue weighted by Gasteiger charge is 2.27. The lowest BCUT2D eigenvalue weighted by atomic mass is 10.1. The summed E-state index contributed by atoms with van der Waals surface area (Å²) in [6.07, 6.45) is 4.30. The minimum Gasteiger partial charge on any atom is -0.465 e. The molecule has 1 rings (SSSR count). The SMILES string of the molecule is NCCCCC1CCCN1C(=O)O. The first-order valence-corrected chi connectivity index (χ1v) is 4.95. The summed E-state index contributed by atoms with van der Waals surface area (Å²) in [6.45, 7) is 1.42. The number of likely N-dealkylation sites (tertiary alicyclic amines) is 1. The van der Waals surface area contributed by atoms with Gasteiger partial charge in [-0.1, -0.05) is 6.42 Å². The highest BCUT2D eigenvalue weighted by molar-refractivity contribution is 5.65. The van der Waals surface area contributed by atoms with E-state index < -0.39 is 6.09 Å². The van der Waals surface area contributed by atoms with Crippen molar-refractivity contribution in [1.82, 2.24) is 4.90 Å². The second-order valence-electron chi connectivity index (χ2n) is 3.56. The molecule has 4 nitrogen and oxygen atoms in total. The molecule has 1 aliphatic heterocycles. The van der Waals surface area contributed by atoms with Crippen molar-refractivity contribution in [3.05, 3.63) is 0 Å². The van der Waals surface area contributed by atoms with Crippen molar-refractivity contribution >= 4 is 6.09 Å². The van der Waals surface area contributed by atoms with E-state index in [0.717, 1.165) is 32.1 Å². The molecule has 1 atom stereocenters. The van der Waals surface area contributed by atoms with Crippen LogP contribution in [0.1, 0.15) is 32.1 Å². The topological polar surface area (TPSA) is 66.6 Å². The molecule has 1 heterocycles. The Morgan fingerprint density at radius 3 is 2.92 bits per heavy atom. The number of amides is 1. The number of hydrogen-bond acceptors (Lipinski definition) is 2. The Labute approximate surface area is 78.7 Å². The third-order valence-corrected chi connectivity index (χ3v) is 2.61.